The van der Waals surface area contributed by atoms with Crippen LogP contribution in [0.3, 0.4) is 0 Å². The predicted octanol–water partition coefficient (Wildman–Crippen LogP) is 3.80. The quantitative estimate of drug-likeness (QED) is 0.916. The SMILES string of the molecule is CC(c1ccccc1Cl)N(C)C(=O)C1CCCC(N)C1.Cl. The van der Waals surface area contributed by atoms with E-state index in [-0.39, 0.29) is 36.3 Å². The third-order valence-corrected chi connectivity index (χ3v) is 4.69. The molecule has 2 N–H and O–H groups in total. The summed E-state index contributed by atoms with van der Waals surface area (Å²) in [7, 11) is 1.86. The zero-order valence-electron chi connectivity index (χ0n) is 12.6. The Bertz CT molecular complexity index is 481. The molecule has 118 valence electrons. The van der Waals surface area contributed by atoms with Gasteiger partial charge < -0.3 is 10.6 Å². The van der Waals surface area contributed by atoms with Gasteiger partial charge >= 0.3 is 0 Å². The lowest BCUT2D eigenvalue weighted by Crippen LogP contribution is -2.39. The molecular weight excluding hydrogens is 307 g/mol. The van der Waals surface area contributed by atoms with E-state index in [1.165, 1.54) is 0 Å². The van der Waals surface area contributed by atoms with Gasteiger partial charge in [-0.2, -0.15) is 0 Å². The third kappa shape index (κ3) is 4.35. The molecule has 0 aromatic heterocycles. The molecule has 2 rings (SSSR count). The van der Waals surface area contributed by atoms with E-state index in [0.29, 0.717) is 5.02 Å². The number of nitrogens with zero attached hydrogens (tertiary/aromatic N) is 1. The van der Waals surface area contributed by atoms with Crippen molar-refractivity contribution in [3.05, 3.63) is 34.9 Å². The largest absolute Gasteiger partial charge is 0.339 e. The van der Waals surface area contributed by atoms with Gasteiger partial charge in [0.1, 0.15) is 0 Å². The van der Waals surface area contributed by atoms with E-state index in [2.05, 4.69) is 0 Å². The molecule has 1 aromatic carbocycles. The summed E-state index contributed by atoms with van der Waals surface area (Å²) in [5.74, 6) is 0.251. The van der Waals surface area contributed by atoms with Gasteiger partial charge in [-0.25, -0.2) is 0 Å². The summed E-state index contributed by atoms with van der Waals surface area (Å²) in [5, 5.41) is 0.708. The van der Waals surface area contributed by atoms with Crippen LogP contribution in [0.15, 0.2) is 24.3 Å². The van der Waals surface area contributed by atoms with Gasteiger partial charge in [-0.15, -0.1) is 12.4 Å². The maximum Gasteiger partial charge on any atom is 0.225 e. The van der Waals surface area contributed by atoms with Gasteiger partial charge in [0.2, 0.25) is 5.91 Å². The van der Waals surface area contributed by atoms with E-state index in [4.69, 9.17) is 17.3 Å². The average Bonchev–Trinajstić information content (AvgIpc) is 2.45. The second-order valence-corrected chi connectivity index (χ2v) is 6.18. The molecule has 0 saturated heterocycles. The lowest BCUT2D eigenvalue weighted by molar-refractivity contribution is -0.137. The first-order valence-electron chi connectivity index (χ1n) is 7.27. The van der Waals surface area contributed by atoms with Crippen LogP contribution in [0.4, 0.5) is 0 Å². The van der Waals surface area contributed by atoms with Crippen molar-refractivity contribution in [1.82, 2.24) is 4.90 Å². The molecule has 0 radical (unpaired) electrons. The van der Waals surface area contributed by atoms with Gasteiger partial charge in [-0.05, 0) is 37.8 Å². The van der Waals surface area contributed by atoms with Crippen molar-refractivity contribution in [2.75, 3.05) is 7.05 Å². The Kier molecular flexibility index (Phi) is 6.98. The lowest BCUT2D eigenvalue weighted by Gasteiger charge is -2.33. The van der Waals surface area contributed by atoms with E-state index in [1.54, 1.807) is 0 Å². The maximum atomic E-state index is 12.6. The number of carbonyl (C=O) groups is 1. The first-order valence-corrected chi connectivity index (χ1v) is 7.65. The van der Waals surface area contributed by atoms with Crippen LogP contribution >= 0.6 is 24.0 Å². The Balaban J connectivity index is 0.00000220. The van der Waals surface area contributed by atoms with Crippen LogP contribution in [0, 0.1) is 5.92 Å². The summed E-state index contributed by atoms with van der Waals surface area (Å²) in [5.41, 5.74) is 6.97. The molecule has 1 aliphatic rings. The summed E-state index contributed by atoms with van der Waals surface area (Å²) >= 11 is 6.22. The molecular formula is C16H24Cl2N2O. The van der Waals surface area contributed by atoms with E-state index >= 15 is 0 Å². The number of amides is 1. The second-order valence-electron chi connectivity index (χ2n) is 5.77. The molecule has 1 amide bonds. The summed E-state index contributed by atoms with van der Waals surface area (Å²) < 4.78 is 0. The Hall–Kier alpha value is -0.770. The van der Waals surface area contributed by atoms with Crippen molar-refractivity contribution in [2.24, 2.45) is 11.7 Å². The lowest BCUT2D eigenvalue weighted by atomic mass is 9.85. The minimum Gasteiger partial charge on any atom is -0.339 e. The standard InChI is InChI=1S/C16H23ClN2O.ClH/c1-11(14-8-3-4-9-15(14)17)19(2)16(20)12-6-5-7-13(18)10-12;/h3-4,8-9,11-13H,5-7,10,18H2,1-2H3;1H. The fourth-order valence-electron chi connectivity index (χ4n) is 2.95. The number of rotatable bonds is 3. The number of carbonyl (C=O) groups excluding carboxylic acids is 1. The van der Waals surface area contributed by atoms with Gasteiger partial charge in [-0.3, -0.25) is 4.79 Å². The highest BCUT2D eigenvalue weighted by atomic mass is 35.5. The molecule has 0 spiro atoms. The number of nitrogens with two attached hydrogens (primary N) is 1. The Morgan fingerprint density at radius 1 is 1.38 bits per heavy atom. The Morgan fingerprint density at radius 2 is 2.05 bits per heavy atom. The second kappa shape index (κ2) is 8.02. The minimum absolute atomic E-state index is 0. The molecule has 3 unspecified atom stereocenters. The average molecular weight is 331 g/mol. The van der Waals surface area contributed by atoms with Crippen LogP contribution in [0.2, 0.25) is 5.02 Å². The van der Waals surface area contributed by atoms with Gasteiger partial charge in [0, 0.05) is 24.0 Å². The van der Waals surface area contributed by atoms with Crippen LogP contribution in [0.25, 0.3) is 0 Å². The molecule has 0 heterocycles. The molecule has 0 bridgehead atoms. The molecule has 5 heteroatoms. The smallest absolute Gasteiger partial charge is 0.225 e. The summed E-state index contributed by atoms with van der Waals surface area (Å²) in [4.78, 5) is 14.4. The van der Waals surface area contributed by atoms with Crippen LogP contribution in [-0.4, -0.2) is 23.9 Å². The van der Waals surface area contributed by atoms with Gasteiger partial charge in [0.25, 0.3) is 0 Å². The van der Waals surface area contributed by atoms with Crippen molar-refractivity contribution in [3.8, 4) is 0 Å². The summed E-state index contributed by atoms with van der Waals surface area (Å²) in [6.07, 6.45) is 3.84. The molecule has 1 aliphatic carbocycles. The van der Waals surface area contributed by atoms with Crippen LogP contribution in [0.5, 0.6) is 0 Å². The molecule has 0 aliphatic heterocycles. The predicted molar refractivity (Wildman–Crippen MR) is 89.8 cm³/mol. The molecule has 1 saturated carbocycles. The van der Waals surface area contributed by atoms with E-state index in [9.17, 15) is 4.79 Å². The van der Waals surface area contributed by atoms with Crippen LogP contribution < -0.4 is 5.73 Å². The van der Waals surface area contributed by atoms with Gasteiger partial charge in [-0.1, -0.05) is 36.2 Å². The monoisotopic (exact) mass is 330 g/mol. The maximum absolute atomic E-state index is 12.6. The van der Waals surface area contributed by atoms with Gasteiger partial charge in [0.05, 0.1) is 6.04 Å². The number of hydrogen-bond donors (Lipinski definition) is 1. The van der Waals surface area contributed by atoms with Crippen molar-refractivity contribution in [1.29, 1.82) is 0 Å². The Labute approximate surface area is 138 Å². The number of benzene rings is 1. The van der Waals surface area contributed by atoms with Crippen LogP contribution in [-0.2, 0) is 4.79 Å². The van der Waals surface area contributed by atoms with Crippen molar-refractivity contribution < 1.29 is 4.79 Å². The van der Waals surface area contributed by atoms with Crippen LogP contribution in [0.1, 0.15) is 44.2 Å². The summed E-state index contributed by atoms with van der Waals surface area (Å²) in [6, 6.07) is 7.84. The first kappa shape index (κ1) is 18.3. The molecule has 1 fully saturated rings. The fraction of sp³-hybridized carbons (Fsp3) is 0.562. The fourth-order valence-corrected chi connectivity index (χ4v) is 3.25. The summed E-state index contributed by atoms with van der Waals surface area (Å²) in [6.45, 7) is 2.02. The third-order valence-electron chi connectivity index (χ3n) is 4.35. The molecule has 21 heavy (non-hydrogen) atoms. The number of hydrogen-bond acceptors (Lipinski definition) is 2. The topological polar surface area (TPSA) is 46.3 Å². The first-order chi connectivity index (χ1) is 9.50. The highest BCUT2D eigenvalue weighted by Gasteiger charge is 2.30. The highest BCUT2D eigenvalue weighted by molar-refractivity contribution is 6.31. The van der Waals surface area contributed by atoms with E-state index in [1.807, 2.05) is 43.1 Å². The zero-order chi connectivity index (χ0) is 14.7. The van der Waals surface area contributed by atoms with Crippen molar-refractivity contribution in [2.45, 2.75) is 44.7 Å². The van der Waals surface area contributed by atoms with Crippen molar-refractivity contribution in [3.63, 3.8) is 0 Å². The molecule has 1 aromatic rings. The Morgan fingerprint density at radius 3 is 2.67 bits per heavy atom. The van der Waals surface area contributed by atoms with Crippen molar-refractivity contribution >= 4 is 29.9 Å². The van der Waals surface area contributed by atoms with E-state index in [0.717, 1.165) is 31.2 Å². The number of halogens is 2. The normalized spacial score (nSPS) is 23.0. The minimum atomic E-state index is -0.0191. The highest BCUT2D eigenvalue weighted by Crippen LogP contribution is 2.30. The zero-order valence-corrected chi connectivity index (χ0v) is 14.2. The molecule has 3 atom stereocenters. The van der Waals surface area contributed by atoms with E-state index < -0.39 is 0 Å². The van der Waals surface area contributed by atoms with Gasteiger partial charge in [0.15, 0.2) is 0 Å². The molecule has 3 nitrogen and oxygen atoms in total.